The second-order valence-corrected chi connectivity index (χ2v) is 4.00. The van der Waals surface area contributed by atoms with E-state index in [-0.39, 0.29) is 0 Å². The fraction of sp³-hybridized carbons (Fsp3) is 0.308. The number of aromatic nitrogens is 2. The first-order valence-corrected chi connectivity index (χ1v) is 5.88. The number of rotatable bonds is 7. The molecular weight excluding hydrogens is 230 g/mol. The summed E-state index contributed by atoms with van der Waals surface area (Å²) in [4.78, 5) is 5.27. The van der Waals surface area contributed by atoms with Crippen molar-refractivity contribution in [1.29, 1.82) is 0 Å². The minimum atomic E-state index is -0.527. The highest BCUT2D eigenvalue weighted by Gasteiger charge is 2.04. The Morgan fingerprint density at radius 3 is 2.83 bits per heavy atom. The zero-order valence-electron chi connectivity index (χ0n) is 10.1. The molecule has 0 aliphatic carbocycles. The topological polar surface area (TPSA) is 59.3 Å². The summed E-state index contributed by atoms with van der Waals surface area (Å²) < 4.78 is 1.68. The summed E-state index contributed by atoms with van der Waals surface area (Å²) in [7, 11) is 0. The zero-order chi connectivity index (χ0) is 12.6. The van der Waals surface area contributed by atoms with Gasteiger partial charge in [-0.2, -0.15) is 10.6 Å². The molecule has 0 aliphatic rings. The first kappa shape index (κ1) is 12.8. The third-order valence-corrected chi connectivity index (χ3v) is 2.46. The second-order valence-electron chi connectivity index (χ2n) is 4.00. The first-order valence-electron chi connectivity index (χ1n) is 5.88. The number of aliphatic hydroxyl groups is 1. The van der Waals surface area contributed by atoms with Gasteiger partial charge >= 0.3 is 0 Å². The molecule has 1 atom stereocenters. The lowest BCUT2D eigenvalue weighted by atomic mass is 10.2. The van der Waals surface area contributed by atoms with Crippen LogP contribution in [0.2, 0.25) is 0 Å². The van der Waals surface area contributed by atoms with Crippen LogP contribution < -0.4 is 5.48 Å². The molecule has 0 bridgehead atoms. The standard InChI is InChI=1S/C13H17N3O2/c17-13(10-16-8-4-7-14-16)9-15-18-11-12-5-2-1-3-6-12/h1-8,13,15,17H,9-11H2. The molecule has 5 heteroatoms. The van der Waals surface area contributed by atoms with E-state index in [0.717, 1.165) is 5.56 Å². The lowest BCUT2D eigenvalue weighted by Gasteiger charge is -2.12. The van der Waals surface area contributed by atoms with Gasteiger partial charge in [0.1, 0.15) is 0 Å². The van der Waals surface area contributed by atoms with Crippen LogP contribution in [0.3, 0.4) is 0 Å². The summed E-state index contributed by atoms with van der Waals surface area (Å²) in [6.07, 6.45) is 2.97. The Hall–Kier alpha value is -1.69. The molecule has 0 amide bonds. The van der Waals surface area contributed by atoms with Gasteiger partial charge in [-0.1, -0.05) is 30.3 Å². The van der Waals surface area contributed by atoms with E-state index >= 15 is 0 Å². The van der Waals surface area contributed by atoms with Crippen LogP contribution in [0.25, 0.3) is 0 Å². The molecule has 2 aromatic rings. The predicted molar refractivity (Wildman–Crippen MR) is 67.5 cm³/mol. The highest BCUT2D eigenvalue weighted by molar-refractivity contribution is 5.13. The van der Waals surface area contributed by atoms with Crippen molar-refractivity contribution in [2.24, 2.45) is 0 Å². The highest BCUT2D eigenvalue weighted by atomic mass is 16.6. The molecule has 0 saturated carbocycles. The van der Waals surface area contributed by atoms with Gasteiger partial charge in [0, 0.05) is 18.9 Å². The van der Waals surface area contributed by atoms with Crippen LogP contribution in [0, 0.1) is 0 Å². The van der Waals surface area contributed by atoms with Gasteiger partial charge in [-0.25, -0.2) is 0 Å². The van der Waals surface area contributed by atoms with Crippen LogP contribution >= 0.6 is 0 Å². The summed E-state index contributed by atoms with van der Waals surface area (Å²) in [5.41, 5.74) is 3.84. The predicted octanol–water partition coefficient (Wildman–Crippen LogP) is 0.965. The number of nitrogens with zero attached hydrogens (tertiary/aromatic N) is 2. The summed E-state index contributed by atoms with van der Waals surface area (Å²) in [5, 5.41) is 13.7. The highest BCUT2D eigenvalue weighted by Crippen LogP contribution is 1.99. The Bertz CT molecular complexity index is 431. The lowest BCUT2D eigenvalue weighted by Crippen LogP contribution is -2.30. The number of benzene rings is 1. The average Bonchev–Trinajstić information content (AvgIpc) is 2.89. The molecule has 96 valence electrons. The fourth-order valence-electron chi connectivity index (χ4n) is 1.55. The smallest absolute Gasteiger partial charge is 0.0933 e. The van der Waals surface area contributed by atoms with Crippen LogP contribution in [0.4, 0.5) is 0 Å². The molecule has 0 saturated heterocycles. The quantitative estimate of drug-likeness (QED) is 0.565. The molecule has 2 rings (SSSR count). The Morgan fingerprint density at radius 2 is 2.11 bits per heavy atom. The average molecular weight is 247 g/mol. The minimum absolute atomic E-state index is 0.368. The van der Waals surface area contributed by atoms with Gasteiger partial charge in [0.05, 0.1) is 19.3 Å². The lowest BCUT2D eigenvalue weighted by molar-refractivity contribution is -0.000512. The van der Waals surface area contributed by atoms with Gasteiger partial charge in [0.25, 0.3) is 0 Å². The van der Waals surface area contributed by atoms with E-state index in [1.165, 1.54) is 0 Å². The summed E-state index contributed by atoms with van der Waals surface area (Å²) in [5.74, 6) is 0. The Morgan fingerprint density at radius 1 is 1.28 bits per heavy atom. The van der Waals surface area contributed by atoms with E-state index in [1.807, 2.05) is 42.6 Å². The summed E-state index contributed by atoms with van der Waals surface area (Å²) in [6.45, 7) is 1.30. The molecule has 5 nitrogen and oxygen atoms in total. The number of hydrogen-bond acceptors (Lipinski definition) is 4. The maximum absolute atomic E-state index is 9.71. The van der Waals surface area contributed by atoms with E-state index in [1.54, 1.807) is 10.9 Å². The SMILES string of the molecule is OC(CNOCc1ccccc1)Cn1cccn1. The maximum Gasteiger partial charge on any atom is 0.0933 e. The normalized spacial score (nSPS) is 12.5. The number of nitrogens with one attached hydrogen (secondary N) is 1. The van der Waals surface area contributed by atoms with Gasteiger partial charge < -0.3 is 5.11 Å². The third kappa shape index (κ3) is 4.29. The van der Waals surface area contributed by atoms with Crippen molar-refractivity contribution in [3.05, 3.63) is 54.4 Å². The zero-order valence-corrected chi connectivity index (χ0v) is 10.1. The van der Waals surface area contributed by atoms with E-state index in [2.05, 4.69) is 10.6 Å². The van der Waals surface area contributed by atoms with E-state index in [4.69, 9.17) is 4.84 Å². The van der Waals surface area contributed by atoms with Gasteiger partial charge in [-0.05, 0) is 11.6 Å². The van der Waals surface area contributed by atoms with Crippen molar-refractivity contribution in [2.75, 3.05) is 6.54 Å². The Balaban J connectivity index is 1.60. The maximum atomic E-state index is 9.71. The van der Waals surface area contributed by atoms with Crippen LogP contribution in [0.5, 0.6) is 0 Å². The monoisotopic (exact) mass is 247 g/mol. The Labute approximate surface area is 106 Å². The molecule has 0 spiro atoms. The van der Waals surface area contributed by atoms with Crippen LogP contribution in [-0.4, -0.2) is 27.5 Å². The molecule has 1 aromatic carbocycles. The second kappa shape index (κ2) is 6.90. The van der Waals surface area contributed by atoms with Gasteiger partial charge in [-0.15, -0.1) is 0 Å². The Kier molecular flexibility index (Phi) is 4.89. The van der Waals surface area contributed by atoms with Gasteiger partial charge in [0.2, 0.25) is 0 Å². The van der Waals surface area contributed by atoms with Crippen molar-refractivity contribution in [3.8, 4) is 0 Å². The largest absolute Gasteiger partial charge is 0.390 e. The fourth-order valence-corrected chi connectivity index (χ4v) is 1.55. The van der Waals surface area contributed by atoms with Crippen LogP contribution in [-0.2, 0) is 18.0 Å². The number of hydrogen-bond donors (Lipinski definition) is 2. The van der Waals surface area contributed by atoms with Crippen molar-refractivity contribution in [3.63, 3.8) is 0 Å². The van der Waals surface area contributed by atoms with E-state index in [0.29, 0.717) is 19.7 Å². The van der Waals surface area contributed by atoms with Gasteiger partial charge in [0.15, 0.2) is 0 Å². The van der Waals surface area contributed by atoms with Crippen LogP contribution in [0.1, 0.15) is 5.56 Å². The number of hydroxylamine groups is 1. The van der Waals surface area contributed by atoms with E-state index < -0.39 is 6.10 Å². The van der Waals surface area contributed by atoms with Crippen LogP contribution in [0.15, 0.2) is 48.8 Å². The minimum Gasteiger partial charge on any atom is -0.390 e. The molecular formula is C13H17N3O2. The summed E-state index contributed by atoms with van der Waals surface area (Å²) >= 11 is 0. The molecule has 2 N–H and O–H groups in total. The molecule has 1 unspecified atom stereocenters. The van der Waals surface area contributed by atoms with Crippen molar-refractivity contribution >= 4 is 0 Å². The molecule has 0 fully saturated rings. The van der Waals surface area contributed by atoms with Crippen molar-refractivity contribution in [1.82, 2.24) is 15.3 Å². The van der Waals surface area contributed by atoms with Crippen molar-refractivity contribution in [2.45, 2.75) is 19.3 Å². The molecule has 1 heterocycles. The third-order valence-electron chi connectivity index (χ3n) is 2.46. The molecule has 0 radical (unpaired) electrons. The summed E-state index contributed by atoms with van der Waals surface area (Å²) in [6, 6.07) is 11.7. The van der Waals surface area contributed by atoms with Crippen molar-refractivity contribution < 1.29 is 9.94 Å². The van der Waals surface area contributed by atoms with E-state index in [9.17, 15) is 5.11 Å². The molecule has 18 heavy (non-hydrogen) atoms. The van der Waals surface area contributed by atoms with Gasteiger partial charge in [-0.3, -0.25) is 9.52 Å². The molecule has 1 aromatic heterocycles. The number of aliphatic hydroxyl groups excluding tert-OH is 1. The molecule has 0 aliphatic heterocycles. The first-order chi connectivity index (χ1) is 8.84.